The molecule has 3 aromatic carbocycles. The van der Waals surface area contributed by atoms with Crippen molar-refractivity contribution in [3.8, 4) is 5.69 Å². The maximum absolute atomic E-state index is 14.1. The van der Waals surface area contributed by atoms with Gasteiger partial charge in [0.25, 0.3) is 11.8 Å². The lowest BCUT2D eigenvalue weighted by molar-refractivity contribution is 0.0952. The van der Waals surface area contributed by atoms with Crippen LogP contribution >= 0.6 is 0 Å². The highest BCUT2D eigenvalue weighted by Gasteiger charge is 2.22. The number of aromatic nitrogens is 2. The molecule has 31 heavy (non-hydrogen) atoms. The molecule has 0 saturated heterocycles. The van der Waals surface area contributed by atoms with E-state index in [1.165, 1.54) is 29.1 Å². The fraction of sp³-hybridized carbons (Fsp3) is 0.0417. The molecule has 0 radical (unpaired) electrons. The van der Waals surface area contributed by atoms with Crippen molar-refractivity contribution in [1.82, 2.24) is 15.1 Å². The van der Waals surface area contributed by atoms with Crippen LogP contribution in [0.25, 0.3) is 5.69 Å². The second-order valence-corrected chi connectivity index (χ2v) is 6.76. The van der Waals surface area contributed by atoms with Crippen molar-refractivity contribution in [2.75, 3.05) is 5.32 Å². The fourth-order valence-electron chi connectivity index (χ4n) is 3.09. The monoisotopic (exact) mass is 414 g/mol. The molecule has 7 heteroatoms. The van der Waals surface area contributed by atoms with E-state index in [9.17, 15) is 14.0 Å². The molecule has 0 fully saturated rings. The third-order valence-electron chi connectivity index (χ3n) is 4.66. The van der Waals surface area contributed by atoms with E-state index >= 15 is 0 Å². The second-order valence-electron chi connectivity index (χ2n) is 6.76. The van der Waals surface area contributed by atoms with Crippen molar-refractivity contribution in [2.45, 2.75) is 6.54 Å². The number of benzene rings is 3. The van der Waals surface area contributed by atoms with Gasteiger partial charge in [0.2, 0.25) is 0 Å². The molecule has 0 saturated carbocycles. The summed E-state index contributed by atoms with van der Waals surface area (Å²) in [4.78, 5) is 25.6. The van der Waals surface area contributed by atoms with Crippen LogP contribution in [0.4, 0.5) is 10.2 Å². The van der Waals surface area contributed by atoms with E-state index in [1.807, 2.05) is 48.5 Å². The molecule has 1 heterocycles. The molecule has 4 rings (SSSR count). The van der Waals surface area contributed by atoms with E-state index in [-0.39, 0.29) is 16.9 Å². The molecular formula is C24H19FN4O2. The first kappa shape index (κ1) is 20.0. The molecule has 0 aliphatic rings. The fourth-order valence-corrected chi connectivity index (χ4v) is 3.09. The minimum atomic E-state index is -0.673. The highest BCUT2D eigenvalue weighted by Crippen LogP contribution is 2.22. The Kier molecular flexibility index (Phi) is 5.84. The van der Waals surface area contributed by atoms with Crippen LogP contribution in [-0.4, -0.2) is 21.6 Å². The van der Waals surface area contributed by atoms with E-state index < -0.39 is 17.6 Å². The number of hydrogen-bond donors (Lipinski definition) is 2. The maximum atomic E-state index is 14.1. The SMILES string of the molecule is O=C(Nc1c(C(=O)NCc2ccccc2)cnn1-c1ccccc1)c1ccccc1F. The Morgan fingerprint density at radius 1 is 0.806 bits per heavy atom. The number of anilines is 1. The molecule has 0 aliphatic carbocycles. The number of nitrogens with one attached hydrogen (secondary N) is 2. The average Bonchev–Trinajstić information content (AvgIpc) is 3.22. The first-order valence-electron chi connectivity index (χ1n) is 9.65. The van der Waals surface area contributed by atoms with Crippen LogP contribution in [0.2, 0.25) is 0 Å². The standard InChI is InChI=1S/C24H19FN4O2/c25-21-14-8-7-13-19(21)24(31)28-22-20(16-27-29(22)18-11-5-2-6-12-18)23(30)26-15-17-9-3-1-4-10-17/h1-14,16H,15H2,(H,26,30)(H,28,31). The van der Waals surface area contributed by atoms with Crippen molar-refractivity contribution in [1.29, 1.82) is 0 Å². The Hall–Kier alpha value is -4.26. The van der Waals surface area contributed by atoms with Crippen LogP contribution in [-0.2, 0) is 6.54 Å². The van der Waals surface area contributed by atoms with Crippen LogP contribution in [0.5, 0.6) is 0 Å². The number of rotatable bonds is 6. The number of carbonyl (C=O) groups excluding carboxylic acids is 2. The highest BCUT2D eigenvalue weighted by molar-refractivity contribution is 6.08. The van der Waals surface area contributed by atoms with Gasteiger partial charge in [0.1, 0.15) is 17.2 Å². The van der Waals surface area contributed by atoms with Gasteiger partial charge in [0.05, 0.1) is 17.4 Å². The first-order chi connectivity index (χ1) is 15.1. The molecule has 6 nitrogen and oxygen atoms in total. The van der Waals surface area contributed by atoms with Crippen molar-refractivity contribution < 1.29 is 14.0 Å². The number of hydrogen-bond acceptors (Lipinski definition) is 3. The Bertz CT molecular complexity index is 1210. The summed E-state index contributed by atoms with van der Waals surface area (Å²) in [6.45, 7) is 0.316. The summed E-state index contributed by atoms with van der Waals surface area (Å²) in [7, 11) is 0. The highest BCUT2D eigenvalue weighted by atomic mass is 19.1. The molecule has 1 aromatic heterocycles. The summed E-state index contributed by atoms with van der Waals surface area (Å²) >= 11 is 0. The summed E-state index contributed by atoms with van der Waals surface area (Å²) in [6, 6.07) is 24.2. The van der Waals surface area contributed by atoms with E-state index in [4.69, 9.17) is 0 Å². The van der Waals surface area contributed by atoms with Crippen molar-refractivity contribution in [3.05, 3.63) is 114 Å². The van der Waals surface area contributed by atoms with Crippen LogP contribution in [0.3, 0.4) is 0 Å². The third-order valence-corrected chi connectivity index (χ3v) is 4.66. The maximum Gasteiger partial charge on any atom is 0.259 e. The van der Waals surface area contributed by atoms with Gasteiger partial charge in [-0.15, -0.1) is 0 Å². The third kappa shape index (κ3) is 4.51. The Morgan fingerprint density at radius 3 is 2.16 bits per heavy atom. The van der Waals surface area contributed by atoms with Crippen LogP contribution in [0, 0.1) is 5.82 Å². The van der Waals surface area contributed by atoms with Gasteiger partial charge < -0.3 is 10.6 Å². The minimum Gasteiger partial charge on any atom is -0.348 e. The second kappa shape index (κ2) is 9.04. The molecule has 4 aromatic rings. The number of para-hydroxylation sites is 1. The van der Waals surface area contributed by atoms with Crippen LogP contribution in [0.15, 0.2) is 91.1 Å². The number of carbonyl (C=O) groups is 2. The first-order valence-corrected chi connectivity index (χ1v) is 9.65. The predicted molar refractivity (Wildman–Crippen MR) is 116 cm³/mol. The molecule has 154 valence electrons. The molecule has 2 amide bonds. The zero-order valence-electron chi connectivity index (χ0n) is 16.5. The van der Waals surface area contributed by atoms with Gasteiger partial charge in [-0.2, -0.15) is 5.10 Å². The Morgan fingerprint density at radius 2 is 1.45 bits per heavy atom. The molecule has 0 bridgehead atoms. The topological polar surface area (TPSA) is 76.0 Å². The van der Waals surface area contributed by atoms with Crippen molar-refractivity contribution in [3.63, 3.8) is 0 Å². The number of amides is 2. The average molecular weight is 414 g/mol. The molecular weight excluding hydrogens is 395 g/mol. The lowest BCUT2D eigenvalue weighted by Gasteiger charge is -2.12. The van der Waals surface area contributed by atoms with E-state index in [1.54, 1.807) is 18.2 Å². The van der Waals surface area contributed by atoms with Crippen LogP contribution in [0.1, 0.15) is 26.3 Å². The van der Waals surface area contributed by atoms with Crippen molar-refractivity contribution >= 4 is 17.6 Å². The van der Waals surface area contributed by atoms with E-state index in [0.717, 1.165) is 5.56 Å². The summed E-state index contributed by atoms with van der Waals surface area (Å²) in [5, 5.41) is 9.76. The summed E-state index contributed by atoms with van der Waals surface area (Å²) in [5.41, 5.74) is 1.63. The molecule has 2 N–H and O–H groups in total. The molecule has 0 aliphatic heterocycles. The summed E-state index contributed by atoms with van der Waals surface area (Å²) in [6.07, 6.45) is 1.38. The van der Waals surface area contributed by atoms with Gasteiger partial charge >= 0.3 is 0 Å². The Labute approximate surface area is 178 Å². The van der Waals surface area contributed by atoms with Crippen LogP contribution < -0.4 is 10.6 Å². The molecule has 0 unspecified atom stereocenters. The van der Waals surface area contributed by atoms with Gasteiger partial charge in [-0.25, -0.2) is 9.07 Å². The lowest BCUT2D eigenvalue weighted by Crippen LogP contribution is -2.25. The zero-order chi connectivity index (χ0) is 21.6. The quantitative estimate of drug-likeness (QED) is 0.497. The predicted octanol–water partition coefficient (Wildman–Crippen LogP) is 4.19. The lowest BCUT2D eigenvalue weighted by atomic mass is 10.2. The molecule has 0 atom stereocenters. The summed E-state index contributed by atoms with van der Waals surface area (Å²) < 4.78 is 15.5. The minimum absolute atomic E-state index is 0.126. The smallest absolute Gasteiger partial charge is 0.259 e. The molecule has 0 spiro atoms. The van der Waals surface area contributed by atoms with Gasteiger partial charge in [-0.3, -0.25) is 9.59 Å². The zero-order valence-corrected chi connectivity index (χ0v) is 16.5. The number of halogens is 1. The van der Waals surface area contributed by atoms with Gasteiger partial charge in [0.15, 0.2) is 0 Å². The summed E-state index contributed by atoms with van der Waals surface area (Å²) in [5.74, 6) is -1.58. The van der Waals surface area contributed by atoms with Gasteiger partial charge in [-0.05, 0) is 29.8 Å². The normalized spacial score (nSPS) is 10.5. The largest absolute Gasteiger partial charge is 0.348 e. The van der Waals surface area contributed by atoms with E-state index in [0.29, 0.717) is 12.2 Å². The van der Waals surface area contributed by atoms with Crippen molar-refractivity contribution in [2.24, 2.45) is 0 Å². The Balaban J connectivity index is 1.65. The van der Waals surface area contributed by atoms with Gasteiger partial charge in [0, 0.05) is 6.54 Å². The number of nitrogens with zero attached hydrogens (tertiary/aromatic N) is 2. The van der Waals surface area contributed by atoms with E-state index in [2.05, 4.69) is 15.7 Å². The van der Waals surface area contributed by atoms with Gasteiger partial charge in [-0.1, -0.05) is 60.7 Å².